The lowest BCUT2D eigenvalue weighted by molar-refractivity contribution is -0.143. The standard InChI is InChI=1S/C42H70N10O21/c1-7-18(4)31(51-41(71)32(20(6)56)52-33(63)21(43)12-17(2)3)40(70)46-23(9-11-29(59)60)35(65)48-26(15-54)38(68)50-27(16-55)39(69)49-25(14-53)37(67)47-24(13-30(61)62)36(66)45-22(8-10-28(57)58)34(64)44-19(5)42(72)73/h17-27,31-32,53-56H,7-16,43H2,1-6H3,(H,44,64)(H,45,66)(H,46,70)(H,47,67)(H,48,65)(H,49,69)(H,50,68)(H,51,71)(H,52,63)(H,57,58)(H,59,60)(H,61,62)(H,72,73)/t18-,19-,20+,21-,22-,23-,24-,25-,26-,27-,31-,32-/m0/s1. The van der Waals surface area contributed by atoms with Gasteiger partial charge in [0, 0.05) is 12.8 Å². The van der Waals surface area contributed by atoms with Crippen LogP contribution in [-0.4, -0.2) is 204 Å². The van der Waals surface area contributed by atoms with Crippen molar-refractivity contribution in [2.75, 3.05) is 19.8 Å². The number of rotatable bonds is 35. The van der Waals surface area contributed by atoms with E-state index in [4.69, 9.17) is 15.9 Å². The van der Waals surface area contributed by atoms with Crippen LogP contribution in [0.25, 0.3) is 0 Å². The number of carboxylic acid groups (broad SMARTS) is 4. The Bertz CT molecular complexity index is 1970. The van der Waals surface area contributed by atoms with Crippen LogP contribution in [0.1, 0.15) is 86.5 Å². The molecule has 31 nitrogen and oxygen atoms in total. The van der Waals surface area contributed by atoms with E-state index < -0.39 is 201 Å². The fourth-order valence-electron chi connectivity index (χ4n) is 6.26. The van der Waals surface area contributed by atoms with Crippen molar-refractivity contribution >= 4 is 77.0 Å². The number of hydrogen-bond acceptors (Lipinski definition) is 18. The molecule has 0 aromatic rings. The van der Waals surface area contributed by atoms with E-state index in [-0.39, 0.29) is 18.8 Å². The molecule has 0 bridgehead atoms. The third kappa shape index (κ3) is 24.3. The summed E-state index contributed by atoms with van der Waals surface area (Å²) in [4.78, 5) is 164. The Labute approximate surface area is 417 Å². The highest BCUT2D eigenvalue weighted by atomic mass is 16.4. The van der Waals surface area contributed by atoms with Gasteiger partial charge in [-0.2, -0.15) is 0 Å². The molecule has 0 radical (unpaired) electrons. The number of aliphatic carboxylic acids is 4. The van der Waals surface area contributed by atoms with E-state index in [1.54, 1.807) is 20.8 Å². The summed E-state index contributed by atoms with van der Waals surface area (Å²) in [5.74, 6) is -17.9. The highest BCUT2D eigenvalue weighted by Crippen LogP contribution is 2.12. The lowest BCUT2D eigenvalue weighted by atomic mass is 9.96. The average Bonchev–Trinajstić information content (AvgIpc) is 3.30. The third-order valence-corrected chi connectivity index (χ3v) is 10.7. The lowest BCUT2D eigenvalue weighted by Gasteiger charge is -2.30. The zero-order chi connectivity index (χ0) is 56.4. The van der Waals surface area contributed by atoms with E-state index in [0.717, 1.165) is 6.92 Å². The summed E-state index contributed by atoms with van der Waals surface area (Å²) >= 11 is 0. The largest absolute Gasteiger partial charge is 0.481 e. The van der Waals surface area contributed by atoms with Gasteiger partial charge < -0.3 is 94.4 Å². The predicted molar refractivity (Wildman–Crippen MR) is 247 cm³/mol. The Morgan fingerprint density at radius 3 is 1.14 bits per heavy atom. The number of hydrogen-bond donors (Lipinski definition) is 18. The van der Waals surface area contributed by atoms with Gasteiger partial charge in [-0.25, -0.2) is 0 Å². The maximum Gasteiger partial charge on any atom is 0.325 e. The Morgan fingerprint density at radius 1 is 0.438 bits per heavy atom. The smallest absolute Gasteiger partial charge is 0.325 e. The highest BCUT2D eigenvalue weighted by Gasteiger charge is 2.37. The molecule has 0 aromatic heterocycles. The number of amides is 9. The summed E-state index contributed by atoms with van der Waals surface area (Å²) in [7, 11) is 0. The normalized spacial score (nSPS) is 16.0. The second kappa shape index (κ2) is 32.8. The fourth-order valence-corrected chi connectivity index (χ4v) is 6.26. The molecule has 73 heavy (non-hydrogen) atoms. The summed E-state index contributed by atoms with van der Waals surface area (Å²) in [6.07, 6.45) is -5.02. The van der Waals surface area contributed by atoms with Crippen molar-refractivity contribution in [1.29, 1.82) is 0 Å². The molecule has 0 aromatic carbocycles. The Balaban J connectivity index is 6.27. The van der Waals surface area contributed by atoms with Crippen LogP contribution < -0.4 is 53.6 Å². The molecule has 0 saturated carbocycles. The van der Waals surface area contributed by atoms with Crippen LogP contribution in [0.15, 0.2) is 0 Å². The van der Waals surface area contributed by atoms with Gasteiger partial charge in [-0.1, -0.05) is 34.1 Å². The summed E-state index contributed by atoms with van der Waals surface area (Å²) in [5.41, 5.74) is 5.92. The van der Waals surface area contributed by atoms with Crippen molar-refractivity contribution in [3.63, 3.8) is 0 Å². The molecule has 414 valence electrons. The predicted octanol–water partition coefficient (Wildman–Crippen LogP) is -7.56. The van der Waals surface area contributed by atoms with Gasteiger partial charge in [0.1, 0.15) is 54.4 Å². The van der Waals surface area contributed by atoms with Crippen LogP contribution in [0.2, 0.25) is 0 Å². The monoisotopic (exact) mass is 1050 g/mol. The van der Waals surface area contributed by atoms with Crippen molar-refractivity contribution in [2.24, 2.45) is 17.6 Å². The van der Waals surface area contributed by atoms with Crippen LogP contribution in [-0.2, 0) is 62.3 Å². The molecule has 0 saturated heterocycles. The molecular formula is C42H70N10O21. The van der Waals surface area contributed by atoms with Gasteiger partial charge in [0.15, 0.2) is 0 Å². The van der Waals surface area contributed by atoms with Crippen LogP contribution >= 0.6 is 0 Å². The van der Waals surface area contributed by atoms with E-state index >= 15 is 0 Å². The first-order valence-corrected chi connectivity index (χ1v) is 22.8. The Morgan fingerprint density at radius 2 is 0.781 bits per heavy atom. The van der Waals surface area contributed by atoms with Gasteiger partial charge in [-0.05, 0) is 44.9 Å². The first-order chi connectivity index (χ1) is 33.9. The maximum absolute atomic E-state index is 13.7. The van der Waals surface area contributed by atoms with Gasteiger partial charge in [0.05, 0.1) is 38.4 Å². The van der Waals surface area contributed by atoms with Gasteiger partial charge in [0.2, 0.25) is 53.2 Å². The molecule has 12 atom stereocenters. The van der Waals surface area contributed by atoms with Crippen molar-refractivity contribution in [2.45, 2.75) is 153 Å². The van der Waals surface area contributed by atoms with Crippen molar-refractivity contribution in [3.05, 3.63) is 0 Å². The number of carbonyl (C=O) groups excluding carboxylic acids is 9. The summed E-state index contributed by atoms with van der Waals surface area (Å²) in [6, 6.07) is -17.5. The van der Waals surface area contributed by atoms with Gasteiger partial charge in [-0.15, -0.1) is 0 Å². The number of aliphatic hydroxyl groups excluding tert-OH is 4. The molecule has 19 N–H and O–H groups in total. The number of aliphatic hydroxyl groups is 4. The van der Waals surface area contributed by atoms with Gasteiger partial charge >= 0.3 is 23.9 Å². The van der Waals surface area contributed by atoms with Gasteiger partial charge in [0.25, 0.3) is 0 Å². The number of nitrogens with two attached hydrogens (primary N) is 1. The lowest BCUT2D eigenvalue weighted by Crippen LogP contribution is -2.62. The SMILES string of the molecule is CC[C@H](C)[C@H](NC(=O)[C@@H](NC(=O)[C@@H](N)CC(C)C)[C@@H](C)O)C(=O)N[C@@H](CCC(=O)O)C(=O)N[C@@H](CO)C(=O)N[C@@H](CO)C(=O)N[C@@H](CO)C(=O)N[C@@H](CC(=O)O)C(=O)N[C@@H](CCC(=O)O)C(=O)N[C@@H](C)C(=O)O. The van der Waals surface area contributed by atoms with E-state index in [9.17, 15) is 93.0 Å². The zero-order valence-electron chi connectivity index (χ0n) is 41.0. The molecule has 0 aliphatic carbocycles. The fraction of sp³-hybridized carbons (Fsp3) is 0.690. The molecule has 31 heteroatoms. The van der Waals surface area contributed by atoms with Gasteiger partial charge in [-0.3, -0.25) is 62.3 Å². The molecule has 0 aliphatic heterocycles. The average molecular weight is 1050 g/mol. The molecule has 9 amide bonds. The van der Waals surface area contributed by atoms with Crippen LogP contribution in [0, 0.1) is 11.8 Å². The third-order valence-electron chi connectivity index (χ3n) is 10.7. The van der Waals surface area contributed by atoms with Crippen LogP contribution in [0.4, 0.5) is 0 Å². The molecule has 0 heterocycles. The first kappa shape index (κ1) is 65.9. The van der Waals surface area contributed by atoms with Crippen LogP contribution in [0.3, 0.4) is 0 Å². The summed E-state index contributed by atoms with van der Waals surface area (Å²) in [6.45, 7) is 5.21. The van der Waals surface area contributed by atoms with E-state index in [1.165, 1.54) is 13.8 Å². The summed E-state index contributed by atoms with van der Waals surface area (Å²) < 4.78 is 0. The van der Waals surface area contributed by atoms with E-state index in [2.05, 4.69) is 21.3 Å². The Kier molecular flexibility index (Phi) is 29.6. The number of carbonyl (C=O) groups is 13. The van der Waals surface area contributed by atoms with E-state index in [0.29, 0.717) is 0 Å². The maximum atomic E-state index is 13.7. The quantitative estimate of drug-likeness (QED) is 0.0280. The van der Waals surface area contributed by atoms with Crippen LogP contribution in [0.5, 0.6) is 0 Å². The van der Waals surface area contributed by atoms with Crippen molar-refractivity contribution in [1.82, 2.24) is 47.9 Å². The minimum absolute atomic E-state index is 0.00269. The van der Waals surface area contributed by atoms with Crippen molar-refractivity contribution < 1.29 is 103 Å². The number of nitrogens with one attached hydrogen (secondary N) is 9. The minimum atomic E-state index is -2.10. The first-order valence-electron chi connectivity index (χ1n) is 22.8. The second-order valence-corrected chi connectivity index (χ2v) is 17.3. The minimum Gasteiger partial charge on any atom is -0.481 e. The molecule has 0 rings (SSSR count). The summed E-state index contributed by atoms with van der Waals surface area (Å²) in [5, 5.41) is 96.3. The molecular weight excluding hydrogens is 981 g/mol. The Hall–Kier alpha value is -7.09. The molecule has 0 unspecified atom stereocenters. The van der Waals surface area contributed by atoms with E-state index in [1.807, 2.05) is 26.6 Å². The van der Waals surface area contributed by atoms with Crippen molar-refractivity contribution in [3.8, 4) is 0 Å². The molecule has 0 aliphatic rings. The highest BCUT2D eigenvalue weighted by molar-refractivity contribution is 5.99. The molecule has 0 spiro atoms. The molecule has 0 fully saturated rings. The zero-order valence-corrected chi connectivity index (χ0v) is 41.0. The second-order valence-electron chi connectivity index (χ2n) is 17.3. The number of carboxylic acids is 4. The topological polar surface area (TPSA) is 518 Å².